The monoisotopic (exact) mass is 273 g/mol. The molecule has 2 aromatic rings. The van der Waals surface area contributed by atoms with Crippen molar-refractivity contribution in [2.45, 2.75) is 32.6 Å². The molecule has 106 valence electrons. The van der Waals surface area contributed by atoms with Crippen LogP contribution in [-0.2, 0) is 18.3 Å². The van der Waals surface area contributed by atoms with Gasteiger partial charge >= 0.3 is 0 Å². The number of carbonyl (C=O) groups is 1. The lowest BCUT2D eigenvalue weighted by molar-refractivity contribution is -0.117. The summed E-state index contributed by atoms with van der Waals surface area (Å²) in [7, 11) is 1.82. The number of hydrogen-bond donors (Lipinski definition) is 1. The Bertz CT molecular complexity index is 579. The van der Waals surface area contributed by atoms with Gasteiger partial charge in [-0.3, -0.25) is 19.4 Å². The number of nitrogens with zero attached hydrogens (tertiary/aromatic N) is 4. The van der Waals surface area contributed by atoms with E-state index in [1.165, 1.54) is 0 Å². The standard InChI is InChI=1S/C14H19N5O/c1-4-5-11-8-13(19(3)18-11)17-14(20)10(2)12-9-15-6-7-16-12/h6-10H,4-5H2,1-3H3,(H,17,20). The van der Waals surface area contributed by atoms with Crippen LogP contribution in [0, 0.1) is 0 Å². The first-order chi connectivity index (χ1) is 9.61. The highest BCUT2D eigenvalue weighted by Crippen LogP contribution is 2.16. The molecule has 1 N–H and O–H groups in total. The van der Waals surface area contributed by atoms with Gasteiger partial charge < -0.3 is 5.32 Å². The minimum Gasteiger partial charge on any atom is -0.310 e. The normalized spacial score (nSPS) is 12.2. The predicted molar refractivity (Wildman–Crippen MR) is 76.3 cm³/mol. The van der Waals surface area contributed by atoms with Gasteiger partial charge in [-0.25, -0.2) is 0 Å². The number of rotatable bonds is 5. The van der Waals surface area contributed by atoms with Crippen molar-refractivity contribution in [2.75, 3.05) is 5.32 Å². The SMILES string of the molecule is CCCc1cc(NC(=O)C(C)c2cnccn2)n(C)n1. The van der Waals surface area contributed by atoms with Crippen LogP contribution in [0.1, 0.15) is 37.6 Å². The summed E-state index contributed by atoms with van der Waals surface area (Å²) in [5.74, 6) is 0.235. The molecule has 0 aliphatic rings. The fraction of sp³-hybridized carbons (Fsp3) is 0.429. The molecule has 2 rings (SSSR count). The second kappa shape index (κ2) is 6.27. The van der Waals surface area contributed by atoms with Gasteiger partial charge in [-0.15, -0.1) is 0 Å². The van der Waals surface area contributed by atoms with Crippen molar-refractivity contribution in [3.63, 3.8) is 0 Å². The van der Waals surface area contributed by atoms with Crippen LogP contribution in [0.5, 0.6) is 0 Å². The Kier molecular flexibility index (Phi) is 4.45. The molecule has 1 amide bonds. The van der Waals surface area contributed by atoms with E-state index < -0.39 is 0 Å². The first kappa shape index (κ1) is 14.2. The summed E-state index contributed by atoms with van der Waals surface area (Å²) in [6.45, 7) is 3.91. The topological polar surface area (TPSA) is 72.7 Å². The van der Waals surface area contributed by atoms with E-state index in [9.17, 15) is 4.79 Å². The summed E-state index contributed by atoms with van der Waals surface area (Å²) >= 11 is 0. The van der Waals surface area contributed by atoms with Crippen LogP contribution in [0.4, 0.5) is 5.82 Å². The molecule has 0 spiro atoms. The number of aryl methyl sites for hydroxylation is 2. The van der Waals surface area contributed by atoms with Gasteiger partial charge in [-0.05, 0) is 13.3 Å². The van der Waals surface area contributed by atoms with Crippen LogP contribution >= 0.6 is 0 Å². The van der Waals surface area contributed by atoms with Crippen LogP contribution in [-0.4, -0.2) is 25.7 Å². The highest BCUT2D eigenvalue weighted by atomic mass is 16.2. The van der Waals surface area contributed by atoms with Crippen molar-refractivity contribution in [1.82, 2.24) is 19.7 Å². The molecular weight excluding hydrogens is 254 g/mol. The van der Waals surface area contributed by atoms with Crippen LogP contribution in [0.25, 0.3) is 0 Å². The summed E-state index contributed by atoms with van der Waals surface area (Å²) in [4.78, 5) is 20.3. The smallest absolute Gasteiger partial charge is 0.234 e. The van der Waals surface area contributed by atoms with Gasteiger partial charge in [0.25, 0.3) is 0 Å². The largest absolute Gasteiger partial charge is 0.310 e. The maximum absolute atomic E-state index is 12.2. The maximum Gasteiger partial charge on any atom is 0.234 e. The Morgan fingerprint density at radius 2 is 2.25 bits per heavy atom. The maximum atomic E-state index is 12.2. The average molecular weight is 273 g/mol. The summed E-state index contributed by atoms with van der Waals surface area (Å²) in [6, 6.07) is 1.91. The van der Waals surface area contributed by atoms with E-state index in [0.717, 1.165) is 18.5 Å². The Morgan fingerprint density at radius 3 is 2.90 bits per heavy atom. The molecule has 6 nitrogen and oxygen atoms in total. The molecular formula is C14H19N5O. The molecule has 20 heavy (non-hydrogen) atoms. The van der Waals surface area contributed by atoms with E-state index >= 15 is 0 Å². The molecule has 2 heterocycles. The molecule has 0 aromatic carbocycles. The number of aromatic nitrogens is 4. The minimum atomic E-state index is -0.353. The number of nitrogens with one attached hydrogen (secondary N) is 1. The minimum absolute atomic E-state index is 0.114. The molecule has 0 aliphatic heterocycles. The second-order valence-electron chi connectivity index (χ2n) is 4.74. The lowest BCUT2D eigenvalue weighted by Gasteiger charge is -2.11. The van der Waals surface area contributed by atoms with Crippen molar-refractivity contribution in [2.24, 2.45) is 7.05 Å². The molecule has 1 atom stereocenters. The predicted octanol–water partition coefficient (Wildman–Crippen LogP) is 1.90. The van der Waals surface area contributed by atoms with Crippen molar-refractivity contribution >= 4 is 11.7 Å². The van der Waals surface area contributed by atoms with Gasteiger partial charge in [0.1, 0.15) is 5.82 Å². The van der Waals surface area contributed by atoms with Crippen LogP contribution < -0.4 is 5.32 Å². The van der Waals surface area contributed by atoms with E-state index in [0.29, 0.717) is 11.5 Å². The number of hydrogen-bond acceptors (Lipinski definition) is 4. The van der Waals surface area contributed by atoms with E-state index in [1.807, 2.05) is 20.0 Å². The number of amides is 1. The van der Waals surface area contributed by atoms with Gasteiger partial charge in [-0.1, -0.05) is 13.3 Å². The van der Waals surface area contributed by atoms with Crippen LogP contribution in [0.3, 0.4) is 0 Å². The van der Waals surface area contributed by atoms with E-state index in [-0.39, 0.29) is 11.8 Å². The third-order valence-electron chi connectivity index (χ3n) is 3.11. The quantitative estimate of drug-likeness (QED) is 0.903. The molecule has 1 unspecified atom stereocenters. The molecule has 0 fully saturated rings. The van der Waals surface area contributed by atoms with Gasteiger partial charge in [-0.2, -0.15) is 5.10 Å². The van der Waals surface area contributed by atoms with Gasteiger partial charge in [0, 0.05) is 31.7 Å². The Morgan fingerprint density at radius 1 is 1.45 bits per heavy atom. The first-order valence-electron chi connectivity index (χ1n) is 6.71. The second-order valence-corrected chi connectivity index (χ2v) is 4.74. The van der Waals surface area contributed by atoms with Crippen molar-refractivity contribution in [1.29, 1.82) is 0 Å². The molecule has 0 saturated heterocycles. The summed E-state index contributed by atoms with van der Waals surface area (Å²) in [5, 5.41) is 7.24. The third kappa shape index (κ3) is 3.20. The highest BCUT2D eigenvalue weighted by Gasteiger charge is 2.18. The van der Waals surface area contributed by atoms with Gasteiger partial charge in [0.2, 0.25) is 5.91 Å². The number of anilines is 1. The number of carbonyl (C=O) groups excluding carboxylic acids is 1. The summed E-state index contributed by atoms with van der Waals surface area (Å²) in [6.07, 6.45) is 6.72. The molecule has 0 bridgehead atoms. The Hall–Kier alpha value is -2.24. The fourth-order valence-corrected chi connectivity index (χ4v) is 1.92. The van der Waals surface area contributed by atoms with E-state index in [4.69, 9.17) is 0 Å². The lowest BCUT2D eigenvalue weighted by Crippen LogP contribution is -2.21. The Balaban J connectivity index is 2.08. The molecule has 0 saturated carbocycles. The summed E-state index contributed by atoms with van der Waals surface area (Å²) in [5.41, 5.74) is 1.64. The average Bonchev–Trinajstić information content (AvgIpc) is 2.79. The third-order valence-corrected chi connectivity index (χ3v) is 3.11. The summed E-state index contributed by atoms with van der Waals surface area (Å²) < 4.78 is 1.69. The molecule has 6 heteroatoms. The fourth-order valence-electron chi connectivity index (χ4n) is 1.92. The zero-order valence-corrected chi connectivity index (χ0v) is 12.0. The van der Waals surface area contributed by atoms with Gasteiger partial charge in [0.05, 0.1) is 17.3 Å². The lowest BCUT2D eigenvalue weighted by atomic mass is 10.1. The van der Waals surface area contributed by atoms with Gasteiger partial charge in [0.15, 0.2) is 0 Å². The van der Waals surface area contributed by atoms with Crippen molar-refractivity contribution < 1.29 is 4.79 Å². The zero-order valence-electron chi connectivity index (χ0n) is 12.0. The molecule has 0 aliphatic carbocycles. The van der Waals surface area contributed by atoms with E-state index in [2.05, 4.69) is 27.3 Å². The first-order valence-corrected chi connectivity index (χ1v) is 6.71. The molecule has 2 aromatic heterocycles. The van der Waals surface area contributed by atoms with Crippen LogP contribution in [0.15, 0.2) is 24.7 Å². The van der Waals surface area contributed by atoms with E-state index in [1.54, 1.807) is 23.3 Å². The zero-order chi connectivity index (χ0) is 14.5. The highest BCUT2D eigenvalue weighted by molar-refractivity contribution is 5.94. The molecule has 0 radical (unpaired) electrons. The van der Waals surface area contributed by atoms with Crippen molar-refractivity contribution in [3.05, 3.63) is 36.0 Å². The van der Waals surface area contributed by atoms with Crippen molar-refractivity contribution in [3.8, 4) is 0 Å². The van der Waals surface area contributed by atoms with Crippen LogP contribution in [0.2, 0.25) is 0 Å². The Labute approximate surface area is 118 Å².